The van der Waals surface area contributed by atoms with Gasteiger partial charge in [-0.1, -0.05) is 6.42 Å². The van der Waals surface area contributed by atoms with Crippen molar-refractivity contribution in [2.24, 2.45) is 5.92 Å². The Morgan fingerprint density at radius 2 is 2.04 bits per heavy atom. The SMILES string of the molecule is C#CCCNC1CCCC1C1CCCCN1C(=O)OC(C)(C)C. The van der Waals surface area contributed by atoms with Crippen LogP contribution in [0.1, 0.15) is 65.7 Å². The summed E-state index contributed by atoms with van der Waals surface area (Å²) in [5, 5.41) is 3.62. The summed E-state index contributed by atoms with van der Waals surface area (Å²) in [5.74, 6) is 3.22. The number of carbonyl (C=O) groups excluding carboxylic acids is 1. The Balaban J connectivity index is 2.02. The maximum atomic E-state index is 12.6. The summed E-state index contributed by atoms with van der Waals surface area (Å²) in [6, 6.07) is 0.792. The number of amides is 1. The fraction of sp³-hybridized carbons (Fsp3) is 0.842. The van der Waals surface area contributed by atoms with Crippen LogP contribution in [0.3, 0.4) is 0 Å². The third-order valence-corrected chi connectivity index (χ3v) is 4.92. The monoisotopic (exact) mass is 320 g/mol. The topological polar surface area (TPSA) is 41.6 Å². The van der Waals surface area contributed by atoms with Crippen LogP contribution in [0.25, 0.3) is 0 Å². The Morgan fingerprint density at radius 3 is 2.74 bits per heavy atom. The van der Waals surface area contributed by atoms with Crippen LogP contribution in [0.5, 0.6) is 0 Å². The van der Waals surface area contributed by atoms with E-state index in [2.05, 4.69) is 11.2 Å². The number of hydrogen-bond acceptors (Lipinski definition) is 3. The number of carbonyl (C=O) groups is 1. The number of likely N-dealkylation sites (tertiary alicyclic amines) is 1. The van der Waals surface area contributed by atoms with Gasteiger partial charge < -0.3 is 15.0 Å². The summed E-state index contributed by atoms with van der Waals surface area (Å²) in [7, 11) is 0. The molecular formula is C19H32N2O2. The lowest BCUT2D eigenvalue weighted by Gasteiger charge is -2.41. The van der Waals surface area contributed by atoms with Gasteiger partial charge in [0.15, 0.2) is 0 Å². The van der Waals surface area contributed by atoms with Crippen LogP contribution in [0, 0.1) is 18.3 Å². The predicted octanol–water partition coefficient (Wildman–Crippen LogP) is 3.56. The maximum Gasteiger partial charge on any atom is 0.410 e. The molecule has 1 N–H and O–H groups in total. The highest BCUT2D eigenvalue weighted by Crippen LogP contribution is 2.35. The number of piperidine rings is 1. The molecule has 3 atom stereocenters. The van der Waals surface area contributed by atoms with Gasteiger partial charge in [0, 0.05) is 31.6 Å². The van der Waals surface area contributed by atoms with Crippen molar-refractivity contribution < 1.29 is 9.53 Å². The number of ether oxygens (including phenoxy) is 1. The van der Waals surface area contributed by atoms with Crippen molar-refractivity contribution in [1.82, 2.24) is 10.2 Å². The number of nitrogens with zero attached hydrogens (tertiary/aromatic N) is 1. The number of hydrogen-bond donors (Lipinski definition) is 1. The molecule has 1 saturated heterocycles. The van der Waals surface area contributed by atoms with E-state index in [1.54, 1.807) is 0 Å². The van der Waals surface area contributed by atoms with Crippen molar-refractivity contribution >= 4 is 6.09 Å². The molecule has 2 rings (SSSR count). The smallest absolute Gasteiger partial charge is 0.410 e. The lowest BCUT2D eigenvalue weighted by atomic mass is 9.87. The summed E-state index contributed by atoms with van der Waals surface area (Å²) in [5.41, 5.74) is -0.431. The molecule has 0 spiro atoms. The van der Waals surface area contributed by atoms with E-state index >= 15 is 0 Å². The Bertz CT molecular complexity index is 436. The highest BCUT2D eigenvalue weighted by molar-refractivity contribution is 5.68. The minimum atomic E-state index is -0.431. The molecule has 2 aliphatic rings. The van der Waals surface area contributed by atoms with Crippen LogP contribution < -0.4 is 5.32 Å². The molecule has 0 aromatic heterocycles. The van der Waals surface area contributed by atoms with Gasteiger partial charge in [-0.15, -0.1) is 12.3 Å². The highest BCUT2D eigenvalue weighted by atomic mass is 16.6. The number of terminal acetylenes is 1. The standard InChI is InChI=1S/C19H32N2O2/c1-5-6-13-20-16-11-9-10-15(16)17-12-7-8-14-21(17)18(22)23-19(2,3)4/h1,15-17,20H,6-14H2,2-4H3. The fourth-order valence-corrected chi connectivity index (χ4v) is 3.98. The first-order valence-corrected chi connectivity index (χ1v) is 9.09. The molecule has 0 radical (unpaired) electrons. The molecule has 1 saturated carbocycles. The first-order valence-electron chi connectivity index (χ1n) is 9.09. The summed E-state index contributed by atoms with van der Waals surface area (Å²) in [4.78, 5) is 14.6. The first kappa shape index (κ1) is 18.1. The average molecular weight is 320 g/mol. The average Bonchev–Trinajstić information content (AvgIpc) is 2.94. The molecule has 1 heterocycles. The van der Waals surface area contributed by atoms with Crippen molar-refractivity contribution in [2.75, 3.05) is 13.1 Å². The van der Waals surface area contributed by atoms with Gasteiger partial charge in [0.05, 0.1) is 0 Å². The van der Waals surface area contributed by atoms with Crippen molar-refractivity contribution in [3.8, 4) is 12.3 Å². The molecule has 130 valence electrons. The molecule has 0 aromatic rings. The zero-order valence-electron chi connectivity index (χ0n) is 14.9. The lowest BCUT2D eigenvalue weighted by molar-refractivity contribution is -0.0000577. The fourth-order valence-electron chi connectivity index (χ4n) is 3.98. The minimum Gasteiger partial charge on any atom is -0.444 e. The molecule has 0 bridgehead atoms. The highest BCUT2D eigenvalue weighted by Gasteiger charge is 2.40. The molecule has 4 heteroatoms. The van der Waals surface area contributed by atoms with Crippen molar-refractivity contribution in [3.05, 3.63) is 0 Å². The molecule has 1 amide bonds. The summed E-state index contributed by atoms with van der Waals surface area (Å²) >= 11 is 0. The van der Waals surface area contributed by atoms with E-state index in [9.17, 15) is 4.79 Å². The van der Waals surface area contributed by atoms with Gasteiger partial charge in [0.25, 0.3) is 0 Å². The summed E-state index contributed by atoms with van der Waals surface area (Å²) < 4.78 is 5.64. The van der Waals surface area contributed by atoms with Gasteiger partial charge in [-0.05, 0) is 58.8 Å². The molecule has 1 aliphatic carbocycles. The first-order chi connectivity index (χ1) is 10.9. The Morgan fingerprint density at radius 1 is 1.26 bits per heavy atom. The van der Waals surface area contributed by atoms with Crippen LogP contribution >= 0.6 is 0 Å². The van der Waals surface area contributed by atoms with Gasteiger partial charge in [-0.3, -0.25) is 0 Å². The molecule has 4 nitrogen and oxygen atoms in total. The molecule has 1 aliphatic heterocycles. The Hall–Kier alpha value is -1.21. The zero-order valence-corrected chi connectivity index (χ0v) is 14.9. The van der Waals surface area contributed by atoms with E-state index < -0.39 is 5.60 Å². The van der Waals surface area contributed by atoms with Crippen LogP contribution in [-0.4, -0.2) is 41.8 Å². The van der Waals surface area contributed by atoms with Crippen LogP contribution in [0.4, 0.5) is 4.79 Å². The summed E-state index contributed by atoms with van der Waals surface area (Å²) in [6.45, 7) is 7.50. The third-order valence-electron chi connectivity index (χ3n) is 4.92. The normalized spacial score (nSPS) is 28.4. The molecule has 0 aromatic carbocycles. The van der Waals surface area contributed by atoms with Crippen LogP contribution in [0.15, 0.2) is 0 Å². The molecule has 3 unspecified atom stereocenters. The largest absolute Gasteiger partial charge is 0.444 e. The quantitative estimate of drug-likeness (QED) is 0.636. The van der Waals surface area contributed by atoms with E-state index in [4.69, 9.17) is 11.2 Å². The maximum absolute atomic E-state index is 12.6. The second-order valence-corrected chi connectivity index (χ2v) is 7.85. The lowest BCUT2D eigenvalue weighted by Crippen LogP contribution is -2.52. The zero-order chi connectivity index (χ0) is 16.9. The molecule has 2 fully saturated rings. The van der Waals surface area contributed by atoms with Crippen LogP contribution in [0.2, 0.25) is 0 Å². The Labute approximate surface area is 141 Å². The van der Waals surface area contributed by atoms with Gasteiger partial charge in [-0.2, -0.15) is 0 Å². The van der Waals surface area contributed by atoms with E-state index in [0.29, 0.717) is 18.0 Å². The third kappa shape index (κ3) is 5.14. The number of rotatable bonds is 4. The second kappa shape index (κ2) is 8.06. The van der Waals surface area contributed by atoms with E-state index in [1.807, 2.05) is 25.7 Å². The Kier molecular flexibility index (Phi) is 6.35. The van der Waals surface area contributed by atoms with Gasteiger partial charge in [0.1, 0.15) is 5.60 Å². The van der Waals surface area contributed by atoms with Crippen molar-refractivity contribution in [3.63, 3.8) is 0 Å². The van der Waals surface area contributed by atoms with Crippen LogP contribution in [-0.2, 0) is 4.74 Å². The van der Waals surface area contributed by atoms with Gasteiger partial charge in [0.2, 0.25) is 0 Å². The van der Waals surface area contributed by atoms with E-state index in [1.165, 1.54) is 25.7 Å². The molecular weight excluding hydrogens is 288 g/mol. The summed E-state index contributed by atoms with van der Waals surface area (Å²) in [6.07, 6.45) is 13.0. The van der Waals surface area contributed by atoms with E-state index in [-0.39, 0.29) is 6.09 Å². The van der Waals surface area contributed by atoms with Gasteiger partial charge >= 0.3 is 6.09 Å². The number of nitrogens with one attached hydrogen (secondary N) is 1. The van der Waals surface area contributed by atoms with Gasteiger partial charge in [-0.25, -0.2) is 4.79 Å². The second-order valence-electron chi connectivity index (χ2n) is 7.85. The minimum absolute atomic E-state index is 0.142. The van der Waals surface area contributed by atoms with Crippen molar-refractivity contribution in [1.29, 1.82) is 0 Å². The molecule has 23 heavy (non-hydrogen) atoms. The van der Waals surface area contributed by atoms with E-state index in [0.717, 1.165) is 32.4 Å². The predicted molar refractivity (Wildman–Crippen MR) is 93.2 cm³/mol. The van der Waals surface area contributed by atoms with Crippen molar-refractivity contribution in [2.45, 2.75) is 83.4 Å².